The molecule has 0 aliphatic heterocycles. The highest BCUT2D eigenvalue weighted by Gasteiger charge is 2.13. The lowest BCUT2D eigenvalue weighted by Crippen LogP contribution is -2.23. The molecule has 0 radical (unpaired) electrons. The number of rotatable bonds is 6. The molecule has 0 bridgehead atoms. The summed E-state index contributed by atoms with van der Waals surface area (Å²) in [6.45, 7) is 6.32. The van der Waals surface area contributed by atoms with Crippen molar-refractivity contribution < 1.29 is 13.2 Å². The molecular formula is C22H24N2O3S. The molecule has 0 atom stereocenters. The first-order chi connectivity index (χ1) is 13.2. The highest BCUT2D eigenvalue weighted by molar-refractivity contribution is 7.89. The van der Waals surface area contributed by atoms with Gasteiger partial charge in [-0.05, 0) is 85.5 Å². The number of hydrogen-bond donors (Lipinski definition) is 2. The molecule has 0 saturated carbocycles. The van der Waals surface area contributed by atoms with E-state index in [-0.39, 0.29) is 11.4 Å². The van der Waals surface area contributed by atoms with Gasteiger partial charge in [0.15, 0.2) is 0 Å². The van der Waals surface area contributed by atoms with E-state index in [1.165, 1.54) is 17.7 Å². The summed E-state index contributed by atoms with van der Waals surface area (Å²) in [5.41, 5.74) is 10.4. The van der Waals surface area contributed by atoms with Crippen LogP contribution in [0.3, 0.4) is 0 Å². The first-order valence-electron chi connectivity index (χ1n) is 8.94. The Labute approximate surface area is 166 Å². The number of aryl methyl sites for hydroxylation is 2. The van der Waals surface area contributed by atoms with Crippen LogP contribution in [0.25, 0.3) is 0 Å². The van der Waals surface area contributed by atoms with Gasteiger partial charge in [0.1, 0.15) is 11.5 Å². The quantitative estimate of drug-likeness (QED) is 0.603. The summed E-state index contributed by atoms with van der Waals surface area (Å²) in [6, 6.07) is 17.6. The van der Waals surface area contributed by atoms with E-state index in [0.29, 0.717) is 11.4 Å². The van der Waals surface area contributed by atoms with Crippen LogP contribution in [-0.4, -0.2) is 8.42 Å². The monoisotopic (exact) mass is 396 g/mol. The van der Waals surface area contributed by atoms with Crippen molar-refractivity contribution in [1.82, 2.24) is 4.72 Å². The third kappa shape index (κ3) is 4.71. The molecule has 146 valence electrons. The van der Waals surface area contributed by atoms with Gasteiger partial charge < -0.3 is 10.5 Å². The minimum Gasteiger partial charge on any atom is -0.457 e. The van der Waals surface area contributed by atoms with Gasteiger partial charge in [0.05, 0.1) is 4.90 Å². The lowest BCUT2D eigenvalue weighted by Gasteiger charge is -2.13. The number of sulfonamides is 1. The van der Waals surface area contributed by atoms with Crippen molar-refractivity contribution in [3.63, 3.8) is 0 Å². The summed E-state index contributed by atoms with van der Waals surface area (Å²) in [7, 11) is -3.59. The Balaban J connectivity index is 1.67. The highest BCUT2D eigenvalue weighted by atomic mass is 32.2. The third-order valence-electron chi connectivity index (χ3n) is 4.57. The summed E-state index contributed by atoms with van der Waals surface area (Å²) in [6.07, 6.45) is 0. The van der Waals surface area contributed by atoms with Gasteiger partial charge in [-0.2, -0.15) is 0 Å². The van der Waals surface area contributed by atoms with Crippen LogP contribution in [0.4, 0.5) is 5.69 Å². The third-order valence-corrected chi connectivity index (χ3v) is 5.99. The van der Waals surface area contributed by atoms with Crippen LogP contribution in [0, 0.1) is 20.8 Å². The Morgan fingerprint density at radius 1 is 0.929 bits per heavy atom. The van der Waals surface area contributed by atoms with Crippen LogP contribution in [0.15, 0.2) is 65.6 Å². The average molecular weight is 397 g/mol. The molecule has 6 heteroatoms. The number of ether oxygens (including phenoxy) is 1. The second kappa shape index (κ2) is 8.04. The molecule has 3 aromatic rings. The Kier molecular flexibility index (Phi) is 5.72. The number of hydrogen-bond acceptors (Lipinski definition) is 4. The van der Waals surface area contributed by atoms with Crippen LogP contribution in [0.1, 0.15) is 22.3 Å². The molecule has 0 aliphatic rings. The van der Waals surface area contributed by atoms with E-state index in [1.807, 2.05) is 44.2 Å². The molecule has 5 nitrogen and oxygen atoms in total. The van der Waals surface area contributed by atoms with Gasteiger partial charge >= 0.3 is 0 Å². The molecule has 28 heavy (non-hydrogen) atoms. The second-order valence-corrected chi connectivity index (χ2v) is 8.61. The van der Waals surface area contributed by atoms with Crippen molar-refractivity contribution in [3.05, 3.63) is 82.9 Å². The molecule has 0 heterocycles. The SMILES string of the molecule is Cc1cc(C)c(C)c(Oc2ccc(CNS(=O)(=O)c3ccc(N)cc3)cc2)c1. The molecule has 0 fully saturated rings. The molecule has 0 aromatic heterocycles. The summed E-state index contributed by atoms with van der Waals surface area (Å²) in [5, 5.41) is 0. The Morgan fingerprint density at radius 2 is 1.57 bits per heavy atom. The zero-order valence-electron chi connectivity index (χ0n) is 16.2. The Bertz CT molecular complexity index is 1070. The number of nitrogens with two attached hydrogens (primary N) is 1. The van der Waals surface area contributed by atoms with Crippen LogP contribution in [-0.2, 0) is 16.6 Å². The zero-order valence-corrected chi connectivity index (χ0v) is 17.0. The number of nitrogen functional groups attached to an aromatic ring is 1. The van der Waals surface area contributed by atoms with Gasteiger partial charge in [0.2, 0.25) is 10.0 Å². The maximum atomic E-state index is 12.3. The Morgan fingerprint density at radius 3 is 2.21 bits per heavy atom. The highest BCUT2D eigenvalue weighted by Crippen LogP contribution is 2.28. The topological polar surface area (TPSA) is 81.4 Å². The molecular weight excluding hydrogens is 372 g/mol. The number of nitrogens with one attached hydrogen (secondary N) is 1. The second-order valence-electron chi connectivity index (χ2n) is 6.84. The standard InChI is InChI=1S/C22H24N2O3S/c1-15-12-16(2)17(3)22(13-15)27-20-8-4-18(5-9-20)14-24-28(25,26)21-10-6-19(23)7-11-21/h4-13,24H,14,23H2,1-3H3. The molecule has 3 N–H and O–H groups in total. The minimum absolute atomic E-state index is 0.187. The first-order valence-corrected chi connectivity index (χ1v) is 10.4. The summed E-state index contributed by atoms with van der Waals surface area (Å²) >= 11 is 0. The predicted octanol–water partition coefficient (Wildman–Crippen LogP) is 4.46. The van der Waals surface area contributed by atoms with E-state index in [0.717, 1.165) is 22.4 Å². The van der Waals surface area contributed by atoms with E-state index < -0.39 is 10.0 Å². The van der Waals surface area contributed by atoms with Crippen molar-refractivity contribution in [2.75, 3.05) is 5.73 Å². The predicted molar refractivity (Wildman–Crippen MR) is 112 cm³/mol. The van der Waals surface area contributed by atoms with E-state index >= 15 is 0 Å². The van der Waals surface area contributed by atoms with Gasteiger partial charge in [0.25, 0.3) is 0 Å². The van der Waals surface area contributed by atoms with Gasteiger partial charge in [-0.15, -0.1) is 0 Å². The van der Waals surface area contributed by atoms with E-state index in [9.17, 15) is 8.42 Å². The lowest BCUT2D eigenvalue weighted by atomic mass is 10.1. The van der Waals surface area contributed by atoms with Gasteiger partial charge in [0, 0.05) is 12.2 Å². The Hall–Kier alpha value is -2.83. The van der Waals surface area contributed by atoms with Crippen molar-refractivity contribution in [1.29, 1.82) is 0 Å². The maximum Gasteiger partial charge on any atom is 0.240 e. The van der Waals surface area contributed by atoms with Gasteiger partial charge in [-0.3, -0.25) is 0 Å². The van der Waals surface area contributed by atoms with E-state index in [2.05, 4.69) is 17.7 Å². The van der Waals surface area contributed by atoms with Gasteiger partial charge in [-0.25, -0.2) is 13.1 Å². The minimum atomic E-state index is -3.59. The van der Waals surface area contributed by atoms with E-state index in [1.54, 1.807) is 12.1 Å². The molecule has 0 aliphatic carbocycles. The van der Waals surface area contributed by atoms with Crippen molar-refractivity contribution in [3.8, 4) is 11.5 Å². The lowest BCUT2D eigenvalue weighted by molar-refractivity contribution is 0.477. The maximum absolute atomic E-state index is 12.3. The molecule has 0 unspecified atom stereocenters. The molecule has 0 amide bonds. The summed E-state index contributed by atoms with van der Waals surface area (Å²) in [4.78, 5) is 0.187. The van der Waals surface area contributed by atoms with Gasteiger partial charge in [-0.1, -0.05) is 18.2 Å². The van der Waals surface area contributed by atoms with Crippen molar-refractivity contribution in [2.45, 2.75) is 32.2 Å². The zero-order chi connectivity index (χ0) is 20.3. The number of anilines is 1. The van der Waals surface area contributed by atoms with Crippen LogP contribution < -0.4 is 15.2 Å². The first kappa shape index (κ1) is 19.9. The van der Waals surface area contributed by atoms with Crippen LogP contribution in [0.2, 0.25) is 0 Å². The fourth-order valence-corrected chi connectivity index (χ4v) is 3.84. The van der Waals surface area contributed by atoms with Crippen LogP contribution >= 0.6 is 0 Å². The fraction of sp³-hybridized carbons (Fsp3) is 0.182. The van der Waals surface area contributed by atoms with Crippen LogP contribution in [0.5, 0.6) is 11.5 Å². The molecule has 3 aromatic carbocycles. The fourth-order valence-electron chi connectivity index (χ4n) is 2.82. The van der Waals surface area contributed by atoms with E-state index in [4.69, 9.17) is 10.5 Å². The smallest absolute Gasteiger partial charge is 0.240 e. The largest absolute Gasteiger partial charge is 0.457 e. The normalized spacial score (nSPS) is 11.4. The molecule has 0 saturated heterocycles. The van der Waals surface area contributed by atoms with Crippen molar-refractivity contribution in [2.24, 2.45) is 0 Å². The molecule has 0 spiro atoms. The molecule has 3 rings (SSSR count). The number of benzene rings is 3. The van der Waals surface area contributed by atoms with Crippen molar-refractivity contribution >= 4 is 15.7 Å². The summed E-state index contributed by atoms with van der Waals surface area (Å²) in [5.74, 6) is 1.53. The summed E-state index contributed by atoms with van der Waals surface area (Å²) < 4.78 is 33.3. The average Bonchev–Trinajstić information content (AvgIpc) is 2.65.